The molecule has 7 heteroatoms. The topological polar surface area (TPSA) is 74.3 Å². The van der Waals surface area contributed by atoms with Gasteiger partial charge in [-0.3, -0.25) is 4.79 Å². The highest BCUT2D eigenvalue weighted by Crippen LogP contribution is 2.23. The molecule has 2 heterocycles. The highest BCUT2D eigenvalue weighted by atomic mass is 16.5. The fraction of sp³-hybridized carbons (Fsp3) is 0.500. The summed E-state index contributed by atoms with van der Waals surface area (Å²) >= 11 is 0. The average molecular weight is 291 g/mol. The van der Waals surface area contributed by atoms with Crippen molar-refractivity contribution in [2.45, 2.75) is 6.92 Å². The van der Waals surface area contributed by atoms with Gasteiger partial charge in [-0.15, -0.1) is 0 Å². The summed E-state index contributed by atoms with van der Waals surface area (Å²) in [5.74, 6) is 1.44. The average Bonchev–Trinajstić information content (AvgIpc) is 2.90. The molecule has 0 aliphatic carbocycles. The van der Waals surface area contributed by atoms with Crippen LogP contribution in [0.4, 0.5) is 5.82 Å². The lowest BCUT2D eigenvalue weighted by Gasteiger charge is -2.25. The fourth-order valence-corrected chi connectivity index (χ4v) is 2.04. The van der Waals surface area contributed by atoms with E-state index in [0.717, 1.165) is 16.9 Å². The molecule has 0 spiro atoms. The molecule has 0 unspecified atom stereocenters. The summed E-state index contributed by atoms with van der Waals surface area (Å²) in [6.45, 7) is 3.21. The van der Waals surface area contributed by atoms with Gasteiger partial charge in [0.05, 0.1) is 18.5 Å². The largest absolute Gasteiger partial charge is 0.383 e. The number of H-pyrrole nitrogens is 1. The number of carbonyl (C=O) groups excluding carboxylic acids is 1. The highest BCUT2D eigenvalue weighted by Gasteiger charge is 2.18. The fourth-order valence-electron chi connectivity index (χ4n) is 2.04. The van der Waals surface area contributed by atoms with Crippen LogP contribution in [0.25, 0.3) is 11.0 Å². The summed E-state index contributed by atoms with van der Waals surface area (Å²) in [6, 6.07) is 1.92. The third kappa shape index (κ3) is 3.49. The standard InChI is InChI=1S/C14H21N5O2/c1-10-16-13-11(5-6-15-13)14(17-10)19(7-8-21-4)9-12(20)18(2)3/h5-6H,7-9H2,1-4H3,(H,15,16,17). The van der Waals surface area contributed by atoms with Gasteiger partial charge in [-0.1, -0.05) is 0 Å². The van der Waals surface area contributed by atoms with Gasteiger partial charge in [-0.05, 0) is 13.0 Å². The number of amides is 1. The Hall–Kier alpha value is -2.15. The van der Waals surface area contributed by atoms with E-state index in [9.17, 15) is 4.79 Å². The minimum Gasteiger partial charge on any atom is -0.383 e. The van der Waals surface area contributed by atoms with Crippen LogP contribution in [-0.2, 0) is 9.53 Å². The van der Waals surface area contributed by atoms with E-state index in [1.54, 1.807) is 26.1 Å². The Labute approximate surface area is 123 Å². The molecule has 0 aromatic carbocycles. The van der Waals surface area contributed by atoms with Crippen molar-refractivity contribution in [1.82, 2.24) is 19.9 Å². The lowest BCUT2D eigenvalue weighted by atomic mass is 10.3. The number of carbonyl (C=O) groups is 1. The number of fused-ring (bicyclic) bond motifs is 1. The first kappa shape index (κ1) is 15.2. The number of nitrogens with one attached hydrogen (secondary N) is 1. The zero-order valence-corrected chi connectivity index (χ0v) is 12.9. The molecule has 114 valence electrons. The van der Waals surface area contributed by atoms with Crippen LogP contribution >= 0.6 is 0 Å². The maximum absolute atomic E-state index is 12.0. The van der Waals surface area contributed by atoms with Gasteiger partial charge in [0, 0.05) is 33.9 Å². The van der Waals surface area contributed by atoms with Gasteiger partial charge in [0.1, 0.15) is 17.3 Å². The van der Waals surface area contributed by atoms with E-state index in [1.165, 1.54) is 0 Å². The summed E-state index contributed by atoms with van der Waals surface area (Å²) in [4.78, 5) is 27.5. The number of nitrogens with zero attached hydrogens (tertiary/aromatic N) is 4. The first-order valence-electron chi connectivity index (χ1n) is 6.78. The zero-order valence-electron chi connectivity index (χ0n) is 12.9. The summed E-state index contributed by atoms with van der Waals surface area (Å²) in [6.07, 6.45) is 1.82. The van der Waals surface area contributed by atoms with E-state index in [0.29, 0.717) is 19.0 Å². The second-order valence-electron chi connectivity index (χ2n) is 5.04. The van der Waals surface area contributed by atoms with Gasteiger partial charge in [0.15, 0.2) is 0 Å². The molecule has 0 saturated carbocycles. The lowest BCUT2D eigenvalue weighted by Crippen LogP contribution is -2.39. The molecule has 0 atom stereocenters. The number of aryl methyl sites for hydroxylation is 1. The first-order valence-corrected chi connectivity index (χ1v) is 6.78. The van der Waals surface area contributed by atoms with Gasteiger partial charge < -0.3 is 19.5 Å². The number of aromatic amines is 1. The van der Waals surface area contributed by atoms with E-state index >= 15 is 0 Å². The van der Waals surface area contributed by atoms with Gasteiger partial charge >= 0.3 is 0 Å². The molecule has 0 aliphatic heterocycles. The molecule has 0 aliphatic rings. The van der Waals surface area contributed by atoms with Gasteiger partial charge in [0.25, 0.3) is 0 Å². The molecule has 21 heavy (non-hydrogen) atoms. The Morgan fingerprint density at radius 1 is 1.38 bits per heavy atom. The lowest BCUT2D eigenvalue weighted by molar-refractivity contribution is -0.127. The summed E-state index contributed by atoms with van der Waals surface area (Å²) in [5.41, 5.74) is 0.775. The Kier molecular flexibility index (Phi) is 4.74. The zero-order chi connectivity index (χ0) is 15.4. The molecule has 0 bridgehead atoms. The summed E-state index contributed by atoms with van der Waals surface area (Å²) < 4.78 is 5.14. The van der Waals surface area contributed by atoms with Crippen molar-refractivity contribution in [2.75, 3.05) is 45.8 Å². The van der Waals surface area contributed by atoms with Crippen molar-refractivity contribution in [3.63, 3.8) is 0 Å². The number of methoxy groups -OCH3 is 1. The summed E-state index contributed by atoms with van der Waals surface area (Å²) in [5, 5.41) is 0.906. The van der Waals surface area contributed by atoms with Crippen molar-refractivity contribution >= 4 is 22.8 Å². The van der Waals surface area contributed by atoms with Crippen LogP contribution in [0.1, 0.15) is 5.82 Å². The first-order chi connectivity index (χ1) is 10.0. The number of rotatable bonds is 6. The maximum atomic E-state index is 12.0. The molecule has 2 aromatic heterocycles. The van der Waals surface area contributed by atoms with Gasteiger partial charge in [-0.25, -0.2) is 9.97 Å². The number of anilines is 1. The van der Waals surface area contributed by atoms with E-state index in [4.69, 9.17) is 4.74 Å². The minimum atomic E-state index is 0.0195. The van der Waals surface area contributed by atoms with Crippen molar-refractivity contribution in [2.24, 2.45) is 0 Å². The molecule has 2 rings (SSSR count). The molecule has 1 amide bonds. The molecule has 0 radical (unpaired) electrons. The predicted octanol–water partition coefficient (Wildman–Crippen LogP) is 0.807. The van der Waals surface area contributed by atoms with Crippen LogP contribution in [0.3, 0.4) is 0 Å². The minimum absolute atomic E-state index is 0.0195. The number of ether oxygens (including phenoxy) is 1. The molecule has 1 N–H and O–H groups in total. The number of hydrogen-bond acceptors (Lipinski definition) is 5. The number of aromatic nitrogens is 3. The van der Waals surface area contributed by atoms with Crippen LogP contribution in [0, 0.1) is 6.92 Å². The van der Waals surface area contributed by atoms with Crippen LogP contribution in [0.15, 0.2) is 12.3 Å². The Morgan fingerprint density at radius 3 is 2.81 bits per heavy atom. The molecular weight excluding hydrogens is 270 g/mol. The number of hydrogen-bond donors (Lipinski definition) is 1. The quantitative estimate of drug-likeness (QED) is 0.852. The van der Waals surface area contributed by atoms with E-state index in [1.807, 2.05) is 24.1 Å². The van der Waals surface area contributed by atoms with Gasteiger partial charge in [0.2, 0.25) is 5.91 Å². The molecule has 7 nitrogen and oxygen atoms in total. The smallest absolute Gasteiger partial charge is 0.241 e. The molecular formula is C14H21N5O2. The Morgan fingerprint density at radius 2 is 2.14 bits per heavy atom. The number of likely N-dealkylation sites (N-methyl/N-ethyl adjacent to an activating group) is 1. The van der Waals surface area contributed by atoms with Crippen LogP contribution < -0.4 is 4.90 Å². The third-order valence-corrected chi connectivity index (χ3v) is 3.20. The maximum Gasteiger partial charge on any atom is 0.241 e. The van der Waals surface area contributed by atoms with Crippen molar-refractivity contribution in [3.8, 4) is 0 Å². The molecule has 0 saturated heterocycles. The van der Waals surface area contributed by atoms with Crippen molar-refractivity contribution in [1.29, 1.82) is 0 Å². The Bertz CT molecular complexity index is 623. The highest BCUT2D eigenvalue weighted by molar-refractivity contribution is 5.90. The monoisotopic (exact) mass is 291 g/mol. The summed E-state index contributed by atoms with van der Waals surface area (Å²) in [7, 11) is 5.13. The second kappa shape index (κ2) is 6.53. The normalized spacial score (nSPS) is 10.9. The van der Waals surface area contributed by atoms with Crippen LogP contribution in [-0.4, -0.2) is 66.7 Å². The molecule has 2 aromatic rings. The van der Waals surface area contributed by atoms with Crippen LogP contribution in [0.2, 0.25) is 0 Å². The SMILES string of the molecule is COCCN(CC(=O)N(C)C)c1nc(C)nc2[nH]ccc12. The van der Waals surface area contributed by atoms with E-state index in [2.05, 4.69) is 15.0 Å². The molecule has 0 fully saturated rings. The third-order valence-electron chi connectivity index (χ3n) is 3.20. The second-order valence-corrected chi connectivity index (χ2v) is 5.04. The van der Waals surface area contributed by atoms with E-state index < -0.39 is 0 Å². The Balaban J connectivity index is 2.37. The predicted molar refractivity (Wildman–Crippen MR) is 81.4 cm³/mol. The van der Waals surface area contributed by atoms with E-state index in [-0.39, 0.29) is 12.5 Å². The van der Waals surface area contributed by atoms with Crippen molar-refractivity contribution in [3.05, 3.63) is 18.1 Å². The van der Waals surface area contributed by atoms with Crippen molar-refractivity contribution < 1.29 is 9.53 Å². The van der Waals surface area contributed by atoms with Gasteiger partial charge in [-0.2, -0.15) is 0 Å². The van der Waals surface area contributed by atoms with Crippen LogP contribution in [0.5, 0.6) is 0 Å².